The quantitative estimate of drug-likeness (QED) is 0.208. The number of para-hydroxylation sites is 1. The van der Waals surface area contributed by atoms with Gasteiger partial charge in [0.2, 0.25) is 0 Å². The molecule has 1 spiro atoms. The maximum Gasteiger partial charge on any atom is 0.534 e. The molecule has 2 heterocycles. The Morgan fingerprint density at radius 2 is 1.68 bits per heavy atom. The third-order valence-electron chi connectivity index (χ3n) is 8.82. The number of methoxy groups -OCH3 is 1. The number of aromatic nitrogens is 1. The minimum atomic E-state index is -5.95. The van der Waals surface area contributed by atoms with Gasteiger partial charge in [0.05, 0.1) is 15.8 Å². The third kappa shape index (κ3) is 3.30. The number of ether oxygens (including phenoxy) is 1. The van der Waals surface area contributed by atoms with Crippen LogP contribution < -0.4 is 4.18 Å². The van der Waals surface area contributed by atoms with Crippen molar-refractivity contribution in [2.45, 2.75) is 49.0 Å². The molecule has 4 aliphatic carbocycles. The summed E-state index contributed by atoms with van der Waals surface area (Å²) in [4.78, 5) is 16.1. The fourth-order valence-corrected chi connectivity index (χ4v) is 8.95. The first-order valence-electron chi connectivity index (χ1n) is 12.5. The zero-order valence-electron chi connectivity index (χ0n) is 20.2. The van der Waals surface area contributed by atoms with E-state index in [0.717, 1.165) is 30.4 Å². The summed E-state index contributed by atoms with van der Waals surface area (Å²) in [6.07, 6.45) is 5.09. The van der Waals surface area contributed by atoms with Crippen molar-refractivity contribution in [2.75, 3.05) is 7.11 Å². The summed E-state index contributed by atoms with van der Waals surface area (Å²) in [6.45, 7) is 0. The first-order valence-corrected chi connectivity index (χ1v) is 14.7. The van der Waals surface area contributed by atoms with Crippen LogP contribution in [0.5, 0.6) is 5.75 Å². The Labute approximate surface area is 220 Å². The maximum atomic E-state index is 13.4. The number of rotatable bonds is 5. The van der Waals surface area contributed by atoms with Crippen LogP contribution in [0.4, 0.5) is 13.2 Å². The van der Waals surface area contributed by atoms with Crippen molar-refractivity contribution in [3.8, 4) is 16.3 Å². The van der Waals surface area contributed by atoms with Crippen LogP contribution in [0, 0.1) is 23.7 Å². The average Bonchev–Trinajstić information content (AvgIpc) is 3.27. The van der Waals surface area contributed by atoms with Gasteiger partial charge in [0.25, 0.3) is 5.79 Å². The number of hydrogen-bond donors (Lipinski definition) is 0. The van der Waals surface area contributed by atoms with E-state index in [1.165, 1.54) is 37.0 Å². The highest BCUT2D eigenvalue weighted by molar-refractivity contribution is 7.88. The van der Waals surface area contributed by atoms with Crippen LogP contribution in [0.25, 0.3) is 20.8 Å². The van der Waals surface area contributed by atoms with Gasteiger partial charge in [-0.3, -0.25) is 0 Å². The summed E-state index contributed by atoms with van der Waals surface area (Å²) in [6, 6.07) is 11.7. The van der Waals surface area contributed by atoms with Gasteiger partial charge in [0, 0.05) is 12.7 Å². The van der Waals surface area contributed by atoms with E-state index in [1.807, 2.05) is 12.1 Å². The van der Waals surface area contributed by atoms with Crippen LogP contribution in [-0.4, -0.2) is 31.6 Å². The Balaban J connectivity index is 1.36. The zero-order valence-corrected chi connectivity index (χ0v) is 21.9. The van der Waals surface area contributed by atoms with Crippen LogP contribution >= 0.6 is 11.3 Å². The molecule has 1 aliphatic heterocycles. The largest absolute Gasteiger partial charge is 0.534 e. The summed E-state index contributed by atoms with van der Waals surface area (Å²) >= 11 is 1.22. The molecule has 8 rings (SSSR count). The highest BCUT2D eigenvalue weighted by atomic mass is 32.2. The standard InChI is InChI=1S/C26H24F3NO6S2/c1-33-25(24(35-36-25)17-9-14-8-15(11-17)12-18(24)10-14)16-6-7-19(21(13-16)34-38(31,32)26(27,28)29)23-30-20-4-2-3-5-22(20)37-23/h2-7,13-15,17-18H,8-12H2,1H3. The average molecular weight is 568 g/mol. The molecule has 4 saturated carbocycles. The van der Waals surface area contributed by atoms with Crippen LogP contribution in [0.3, 0.4) is 0 Å². The number of halogens is 3. The van der Waals surface area contributed by atoms with E-state index < -0.39 is 32.8 Å². The summed E-state index contributed by atoms with van der Waals surface area (Å²) in [5.74, 6) is -0.315. The van der Waals surface area contributed by atoms with Crippen LogP contribution in [0.1, 0.15) is 37.7 Å². The Bertz CT molecular complexity index is 1470. The zero-order chi connectivity index (χ0) is 26.5. The lowest BCUT2D eigenvalue weighted by molar-refractivity contribution is -0.645. The highest BCUT2D eigenvalue weighted by Crippen LogP contribution is 2.69. The van der Waals surface area contributed by atoms with Gasteiger partial charge in [-0.15, -0.1) is 11.3 Å². The Morgan fingerprint density at radius 3 is 2.26 bits per heavy atom. The topological polar surface area (TPSA) is 84.0 Å². The number of hydrogen-bond acceptors (Lipinski definition) is 8. The van der Waals surface area contributed by atoms with Crippen molar-refractivity contribution >= 4 is 31.7 Å². The van der Waals surface area contributed by atoms with Gasteiger partial charge in [-0.2, -0.15) is 26.5 Å². The van der Waals surface area contributed by atoms with Gasteiger partial charge in [-0.25, -0.2) is 9.87 Å². The van der Waals surface area contributed by atoms with E-state index in [1.54, 1.807) is 18.2 Å². The molecule has 2 aromatic carbocycles. The number of benzene rings is 2. The molecular formula is C26H24F3NO6S2. The summed E-state index contributed by atoms with van der Waals surface area (Å²) < 4.78 is 76.0. The number of alkyl halides is 3. The van der Waals surface area contributed by atoms with E-state index in [9.17, 15) is 21.6 Å². The second-order valence-electron chi connectivity index (χ2n) is 10.8. The number of fused-ring (bicyclic) bond motifs is 1. The first-order chi connectivity index (χ1) is 18.1. The molecule has 0 radical (unpaired) electrons. The second kappa shape index (κ2) is 8.14. The molecular weight excluding hydrogens is 543 g/mol. The SMILES string of the molecule is COC1(c2ccc(-c3nc4ccccc4s3)c(OS(=O)(=O)C(F)(F)F)c2)OOC12C1CC3CC(C1)CC2C3. The molecule has 12 heteroatoms. The third-order valence-corrected chi connectivity index (χ3v) is 10.9. The van der Waals surface area contributed by atoms with Crippen molar-refractivity contribution < 1.29 is 40.3 Å². The molecule has 7 nitrogen and oxygen atoms in total. The van der Waals surface area contributed by atoms with E-state index >= 15 is 0 Å². The van der Waals surface area contributed by atoms with Gasteiger partial charge in [-0.1, -0.05) is 18.2 Å². The Morgan fingerprint density at radius 1 is 1.00 bits per heavy atom. The summed E-state index contributed by atoms with van der Waals surface area (Å²) in [5, 5.41) is 0.326. The highest BCUT2D eigenvalue weighted by Gasteiger charge is 2.76. The predicted molar refractivity (Wildman–Crippen MR) is 131 cm³/mol. The van der Waals surface area contributed by atoms with Crippen molar-refractivity contribution in [3.05, 3.63) is 48.0 Å². The van der Waals surface area contributed by atoms with Crippen molar-refractivity contribution in [2.24, 2.45) is 23.7 Å². The van der Waals surface area contributed by atoms with Crippen LogP contribution in [-0.2, 0) is 30.4 Å². The molecule has 5 aliphatic rings. The molecule has 1 aromatic heterocycles. The van der Waals surface area contributed by atoms with E-state index in [4.69, 9.17) is 18.7 Å². The summed E-state index contributed by atoms with van der Waals surface area (Å²) in [7, 11) is -4.48. The fourth-order valence-electron chi connectivity index (χ4n) is 7.48. The lowest BCUT2D eigenvalue weighted by Crippen LogP contribution is -2.76. The van der Waals surface area contributed by atoms with Gasteiger partial charge in [-0.05, 0) is 80.0 Å². The second-order valence-corrected chi connectivity index (χ2v) is 13.3. The number of nitrogens with zero attached hydrogens (tertiary/aromatic N) is 1. The lowest BCUT2D eigenvalue weighted by Gasteiger charge is -2.68. The molecule has 38 heavy (non-hydrogen) atoms. The molecule has 4 bridgehead atoms. The lowest BCUT2D eigenvalue weighted by atomic mass is 9.47. The van der Waals surface area contributed by atoms with Gasteiger partial charge in [0.15, 0.2) is 11.4 Å². The first kappa shape index (κ1) is 24.8. The van der Waals surface area contributed by atoms with Crippen molar-refractivity contribution in [1.29, 1.82) is 0 Å². The molecule has 0 N–H and O–H groups in total. The van der Waals surface area contributed by atoms with Gasteiger partial charge in [0.1, 0.15) is 5.01 Å². The molecule has 1 saturated heterocycles. The Kier molecular flexibility index (Phi) is 5.30. The Hall–Kier alpha value is -2.25. The molecule has 0 amide bonds. The monoisotopic (exact) mass is 567 g/mol. The van der Waals surface area contributed by atoms with Crippen molar-refractivity contribution in [1.82, 2.24) is 4.98 Å². The van der Waals surface area contributed by atoms with Gasteiger partial charge < -0.3 is 8.92 Å². The summed E-state index contributed by atoms with van der Waals surface area (Å²) in [5.41, 5.74) is -5.31. The smallest absolute Gasteiger partial charge is 0.375 e. The van der Waals surface area contributed by atoms with E-state index in [-0.39, 0.29) is 17.4 Å². The molecule has 1 atom stereocenters. The molecule has 5 fully saturated rings. The predicted octanol–water partition coefficient (Wildman–Crippen LogP) is 6.15. The minimum Gasteiger partial charge on any atom is -0.375 e. The van der Waals surface area contributed by atoms with E-state index in [2.05, 4.69) is 4.98 Å². The molecule has 202 valence electrons. The fraction of sp³-hybridized carbons (Fsp3) is 0.500. The normalized spacial score (nSPS) is 34.1. The van der Waals surface area contributed by atoms with Crippen LogP contribution in [0.2, 0.25) is 0 Å². The maximum absolute atomic E-state index is 13.4. The van der Waals surface area contributed by atoms with Gasteiger partial charge >= 0.3 is 15.6 Å². The molecule has 3 aromatic rings. The van der Waals surface area contributed by atoms with Crippen LogP contribution in [0.15, 0.2) is 42.5 Å². The van der Waals surface area contributed by atoms with Crippen molar-refractivity contribution in [3.63, 3.8) is 0 Å². The minimum absolute atomic E-state index is 0.119. The molecule has 1 unspecified atom stereocenters. The number of thiazole rings is 1. The van der Waals surface area contributed by atoms with E-state index in [0.29, 0.717) is 27.9 Å².